The largest absolute Gasteiger partial charge is 0.490 e. The molecule has 2 amide bonds. The summed E-state index contributed by atoms with van der Waals surface area (Å²) < 4.78 is 31.7. The lowest BCUT2D eigenvalue weighted by Crippen LogP contribution is -2.21. The van der Waals surface area contributed by atoms with Crippen LogP contribution in [0.3, 0.4) is 0 Å². The molecule has 0 aliphatic carbocycles. The predicted octanol–water partition coefficient (Wildman–Crippen LogP) is 4.81. The number of rotatable bonds is 2. The smallest absolute Gasteiger partial charge is 0.475 e. The van der Waals surface area contributed by atoms with Crippen molar-refractivity contribution in [2.45, 2.75) is 19.0 Å². The molecule has 0 atom stereocenters. The lowest BCUT2D eigenvalue weighted by atomic mass is 10.0. The van der Waals surface area contributed by atoms with E-state index in [9.17, 15) is 18.0 Å². The normalized spacial score (nSPS) is 13.2. The second-order valence-corrected chi connectivity index (χ2v) is 7.18. The second-order valence-electron chi connectivity index (χ2n) is 7.18. The molecule has 6 nitrogen and oxygen atoms in total. The van der Waals surface area contributed by atoms with Gasteiger partial charge < -0.3 is 21.1 Å². The number of urea groups is 1. The molecule has 0 radical (unpaired) electrons. The quantitative estimate of drug-likeness (QED) is 0.456. The van der Waals surface area contributed by atoms with Crippen molar-refractivity contribution in [3.63, 3.8) is 0 Å². The average Bonchev–Trinajstić information content (AvgIpc) is 2.98. The third-order valence-corrected chi connectivity index (χ3v) is 4.86. The lowest BCUT2D eigenvalue weighted by Gasteiger charge is -2.11. The summed E-state index contributed by atoms with van der Waals surface area (Å²) in [5.41, 5.74) is 4.30. The first-order valence-electron chi connectivity index (χ1n) is 9.92. The van der Waals surface area contributed by atoms with Gasteiger partial charge in [0.25, 0.3) is 0 Å². The maximum absolute atomic E-state index is 12.3. The standard InChI is InChI=1S/C21H21N3O.C2HF3O2/c25-21(23-19-7-5-15-3-1-2-4-17(15)13-19)24-20-8-6-16-9-11-22-12-10-18(16)14-20;3-2(4,5)1(6)7/h1-8,13-14,22H,9-12H2,(H2,23,24,25);(H,6,7). The van der Waals surface area contributed by atoms with Gasteiger partial charge in [-0.1, -0.05) is 36.4 Å². The van der Waals surface area contributed by atoms with E-state index in [1.54, 1.807) is 0 Å². The van der Waals surface area contributed by atoms with Crippen LogP contribution in [0.15, 0.2) is 60.7 Å². The SMILES string of the molecule is O=C(Nc1ccc2c(c1)CCNCC2)Nc1ccc2ccccc2c1.O=C(O)C(F)(F)F. The molecule has 0 saturated carbocycles. The summed E-state index contributed by atoms with van der Waals surface area (Å²) in [5, 5.41) is 18.6. The van der Waals surface area contributed by atoms with Gasteiger partial charge in [0.05, 0.1) is 0 Å². The number of carboxylic acid groups (broad SMARTS) is 1. The van der Waals surface area contributed by atoms with Crippen molar-refractivity contribution >= 4 is 34.1 Å². The summed E-state index contributed by atoms with van der Waals surface area (Å²) >= 11 is 0. The fraction of sp³-hybridized carbons (Fsp3) is 0.217. The van der Waals surface area contributed by atoms with Gasteiger partial charge in [-0.15, -0.1) is 0 Å². The fourth-order valence-electron chi connectivity index (χ4n) is 3.31. The Labute approximate surface area is 182 Å². The predicted molar refractivity (Wildman–Crippen MR) is 117 cm³/mol. The van der Waals surface area contributed by atoms with E-state index in [0.717, 1.165) is 48.1 Å². The number of carbonyl (C=O) groups is 2. The highest BCUT2D eigenvalue weighted by Crippen LogP contribution is 2.21. The molecule has 0 spiro atoms. The van der Waals surface area contributed by atoms with Crippen LogP contribution in [0.1, 0.15) is 11.1 Å². The van der Waals surface area contributed by atoms with Gasteiger partial charge in [0.1, 0.15) is 0 Å². The highest BCUT2D eigenvalue weighted by Gasteiger charge is 2.38. The van der Waals surface area contributed by atoms with E-state index in [4.69, 9.17) is 9.90 Å². The number of carbonyl (C=O) groups excluding carboxylic acids is 1. The van der Waals surface area contributed by atoms with Gasteiger partial charge in [-0.05, 0) is 72.1 Å². The van der Waals surface area contributed by atoms with Crippen molar-refractivity contribution in [2.75, 3.05) is 23.7 Å². The van der Waals surface area contributed by atoms with Crippen LogP contribution in [0.4, 0.5) is 29.3 Å². The van der Waals surface area contributed by atoms with E-state index in [1.807, 2.05) is 42.5 Å². The monoisotopic (exact) mass is 445 g/mol. The number of hydrogen-bond donors (Lipinski definition) is 4. The van der Waals surface area contributed by atoms with Crippen molar-refractivity contribution in [3.8, 4) is 0 Å². The molecular formula is C23H22F3N3O3. The summed E-state index contributed by atoms with van der Waals surface area (Å²) in [7, 11) is 0. The lowest BCUT2D eigenvalue weighted by molar-refractivity contribution is -0.192. The Balaban J connectivity index is 0.000000360. The molecule has 32 heavy (non-hydrogen) atoms. The van der Waals surface area contributed by atoms with Crippen molar-refractivity contribution < 1.29 is 27.9 Å². The number of halogens is 3. The number of fused-ring (bicyclic) bond motifs is 2. The molecule has 3 aromatic carbocycles. The molecule has 168 valence electrons. The molecule has 9 heteroatoms. The van der Waals surface area contributed by atoms with Crippen molar-refractivity contribution in [3.05, 3.63) is 71.8 Å². The Hall–Kier alpha value is -3.59. The fourth-order valence-corrected chi connectivity index (χ4v) is 3.31. The van der Waals surface area contributed by atoms with Crippen molar-refractivity contribution in [1.82, 2.24) is 5.32 Å². The molecule has 1 aliphatic heterocycles. The summed E-state index contributed by atoms with van der Waals surface area (Å²) in [4.78, 5) is 21.2. The highest BCUT2D eigenvalue weighted by atomic mass is 19.4. The van der Waals surface area contributed by atoms with Crippen molar-refractivity contribution in [2.24, 2.45) is 0 Å². The first-order chi connectivity index (χ1) is 15.2. The van der Waals surface area contributed by atoms with E-state index in [0.29, 0.717) is 0 Å². The van der Waals surface area contributed by atoms with E-state index in [2.05, 4.69) is 34.1 Å². The number of alkyl halides is 3. The van der Waals surface area contributed by atoms with Gasteiger partial charge in [0.2, 0.25) is 0 Å². The molecular weight excluding hydrogens is 423 g/mol. The van der Waals surface area contributed by atoms with E-state index in [-0.39, 0.29) is 6.03 Å². The molecule has 1 aliphatic rings. The zero-order chi connectivity index (χ0) is 23.1. The van der Waals surface area contributed by atoms with Crippen LogP contribution in [0.5, 0.6) is 0 Å². The molecule has 0 unspecified atom stereocenters. The number of anilines is 2. The molecule has 4 rings (SSSR count). The number of aliphatic carboxylic acids is 1. The van der Waals surface area contributed by atoms with Crippen LogP contribution in [0, 0.1) is 0 Å². The topological polar surface area (TPSA) is 90.5 Å². The minimum absolute atomic E-state index is 0.220. The Bertz CT molecular complexity index is 1120. The number of benzene rings is 3. The van der Waals surface area contributed by atoms with E-state index >= 15 is 0 Å². The minimum atomic E-state index is -5.08. The highest BCUT2D eigenvalue weighted by molar-refractivity contribution is 6.01. The number of hydrogen-bond acceptors (Lipinski definition) is 3. The van der Waals surface area contributed by atoms with Crippen LogP contribution in [-0.2, 0) is 17.6 Å². The third-order valence-electron chi connectivity index (χ3n) is 4.86. The van der Waals surface area contributed by atoms with Crippen LogP contribution < -0.4 is 16.0 Å². The summed E-state index contributed by atoms with van der Waals surface area (Å²) in [5.74, 6) is -2.76. The van der Waals surface area contributed by atoms with Crippen LogP contribution in [0.25, 0.3) is 10.8 Å². The molecule has 0 bridgehead atoms. The Morgan fingerprint density at radius 1 is 0.812 bits per heavy atom. The molecule has 0 aromatic heterocycles. The first kappa shape index (κ1) is 23.1. The van der Waals surface area contributed by atoms with Gasteiger partial charge in [0, 0.05) is 11.4 Å². The van der Waals surface area contributed by atoms with E-state index < -0.39 is 12.1 Å². The van der Waals surface area contributed by atoms with Crippen LogP contribution >= 0.6 is 0 Å². The van der Waals surface area contributed by atoms with Gasteiger partial charge in [-0.2, -0.15) is 13.2 Å². The molecule has 0 fully saturated rings. The Kier molecular flexibility index (Phi) is 7.32. The maximum atomic E-state index is 12.3. The number of nitrogens with one attached hydrogen (secondary N) is 3. The van der Waals surface area contributed by atoms with Crippen molar-refractivity contribution in [1.29, 1.82) is 0 Å². The summed E-state index contributed by atoms with van der Waals surface area (Å²) in [6.07, 6.45) is -3.05. The average molecular weight is 445 g/mol. The second kappa shape index (κ2) is 10.1. The van der Waals surface area contributed by atoms with Crippen LogP contribution in [-0.4, -0.2) is 36.4 Å². The van der Waals surface area contributed by atoms with Gasteiger partial charge >= 0.3 is 18.2 Å². The van der Waals surface area contributed by atoms with E-state index in [1.165, 1.54) is 11.1 Å². The zero-order valence-corrected chi connectivity index (χ0v) is 17.0. The summed E-state index contributed by atoms with van der Waals surface area (Å²) in [6, 6.07) is 20.0. The molecule has 1 heterocycles. The number of amides is 2. The van der Waals surface area contributed by atoms with Gasteiger partial charge in [-0.3, -0.25) is 0 Å². The van der Waals surface area contributed by atoms with Gasteiger partial charge in [-0.25, -0.2) is 9.59 Å². The molecule has 3 aromatic rings. The Morgan fingerprint density at radius 3 is 2.03 bits per heavy atom. The maximum Gasteiger partial charge on any atom is 0.490 e. The molecule has 4 N–H and O–H groups in total. The third kappa shape index (κ3) is 6.45. The molecule has 0 saturated heterocycles. The minimum Gasteiger partial charge on any atom is -0.475 e. The first-order valence-corrected chi connectivity index (χ1v) is 9.92. The Morgan fingerprint density at radius 2 is 1.38 bits per heavy atom. The van der Waals surface area contributed by atoms with Gasteiger partial charge in [0.15, 0.2) is 0 Å². The summed E-state index contributed by atoms with van der Waals surface area (Å²) in [6.45, 7) is 2.00. The number of carboxylic acids is 1. The van der Waals surface area contributed by atoms with Crippen LogP contribution in [0.2, 0.25) is 0 Å². The zero-order valence-electron chi connectivity index (χ0n) is 17.0.